The van der Waals surface area contributed by atoms with Crippen molar-refractivity contribution in [2.75, 3.05) is 0 Å². The van der Waals surface area contributed by atoms with Crippen molar-refractivity contribution in [3.8, 4) is 27.9 Å². The second-order valence-corrected chi connectivity index (χ2v) is 14.3. The van der Waals surface area contributed by atoms with Crippen molar-refractivity contribution < 1.29 is 14.5 Å². The zero-order valence-corrected chi connectivity index (χ0v) is 29.2. The summed E-state index contributed by atoms with van der Waals surface area (Å²) in [6.45, 7) is 0. The molecule has 256 valence electrons. The molecule has 7 aromatic carbocycles. The number of para-hydroxylation sites is 4. The second kappa shape index (κ2) is 12.0. The fourth-order valence-corrected chi connectivity index (χ4v) is 8.80. The van der Waals surface area contributed by atoms with E-state index in [0.717, 1.165) is 67.0 Å². The molecule has 0 spiro atoms. The minimum Gasteiger partial charge on any atom is -0.456 e. The minimum atomic E-state index is -1.63. The van der Waals surface area contributed by atoms with Gasteiger partial charge in [-0.15, -0.1) is 0 Å². The molecule has 1 aliphatic rings. The predicted octanol–water partition coefficient (Wildman–Crippen LogP) is 10.9. The maximum Gasteiger partial charge on any atom is 0.492 e. The average molecular weight is 697 g/mol. The lowest BCUT2D eigenvalue weighted by molar-refractivity contribution is 0.425. The molecule has 3 heterocycles. The maximum atomic E-state index is 10.1. The van der Waals surface area contributed by atoms with Crippen LogP contribution in [0, 0.1) is 0 Å². The molecule has 10 aromatic rings. The highest BCUT2D eigenvalue weighted by atomic mass is 16.4. The van der Waals surface area contributed by atoms with Gasteiger partial charge in [0, 0.05) is 60.1 Å². The minimum absolute atomic E-state index is 0.284. The predicted molar refractivity (Wildman–Crippen MR) is 224 cm³/mol. The molecule has 54 heavy (non-hydrogen) atoms. The largest absolute Gasteiger partial charge is 0.492 e. The van der Waals surface area contributed by atoms with Gasteiger partial charge < -0.3 is 23.6 Å². The number of hydrogen-bond donors (Lipinski definition) is 2. The normalized spacial score (nSPS) is 14.4. The highest BCUT2D eigenvalue weighted by Crippen LogP contribution is 2.41. The fourth-order valence-electron chi connectivity index (χ4n) is 8.80. The monoisotopic (exact) mass is 696 g/mol. The first kappa shape index (κ1) is 31.0. The van der Waals surface area contributed by atoms with Crippen molar-refractivity contribution in [3.63, 3.8) is 0 Å². The van der Waals surface area contributed by atoms with Crippen molar-refractivity contribution in [2.45, 2.75) is 12.5 Å². The van der Waals surface area contributed by atoms with Crippen LogP contribution in [-0.2, 0) is 0 Å². The number of furan rings is 1. The van der Waals surface area contributed by atoms with Gasteiger partial charge in [0.25, 0.3) is 0 Å². The standard InChI is InChI=1S/C48H33BN2O3/c52-49(53)42-19-10-18-38-37-17-9-16-35(47(37)54-48(38)42)32-23-26-46-41(29-32)40-28-31(22-25-45(40)51(46)34-13-5-2-6-14-34)30-21-24-44-39(27-30)36-15-7-8-20-43(36)50(44)33-11-3-1-4-12-33/h1-11,13-29,33,52-53H,12H2. The van der Waals surface area contributed by atoms with Crippen LogP contribution in [0.5, 0.6) is 0 Å². The van der Waals surface area contributed by atoms with Crippen molar-refractivity contribution in [1.29, 1.82) is 0 Å². The van der Waals surface area contributed by atoms with E-state index in [2.05, 4.69) is 149 Å². The summed E-state index contributed by atoms with van der Waals surface area (Å²) in [6.07, 6.45) is 9.83. The molecule has 0 fully saturated rings. The summed E-state index contributed by atoms with van der Waals surface area (Å²) in [4.78, 5) is 0. The molecule has 2 N–H and O–H groups in total. The smallest absolute Gasteiger partial charge is 0.456 e. The molecule has 5 nitrogen and oxygen atoms in total. The van der Waals surface area contributed by atoms with Crippen molar-refractivity contribution >= 4 is 78.1 Å². The zero-order valence-electron chi connectivity index (χ0n) is 29.2. The molecule has 1 unspecified atom stereocenters. The summed E-state index contributed by atoms with van der Waals surface area (Å²) in [5, 5.41) is 26.8. The molecule has 1 aliphatic carbocycles. The van der Waals surface area contributed by atoms with Crippen molar-refractivity contribution in [1.82, 2.24) is 9.13 Å². The highest BCUT2D eigenvalue weighted by molar-refractivity contribution is 6.61. The Morgan fingerprint density at radius 2 is 1.13 bits per heavy atom. The number of aromatic nitrogens is 2. The van der Waals surface area contributed by atoms with Gasteiger partial charge in [0.2, 0.25) is 0 Å². The Morgan fingerprint density at radius 3 is 1.87 bits per heavy atom. The van der Waals surface area contributed by atoms with Crippen LogP contribution in [0.4, 0.5) is 0 Å². The first-order valence-electron chi connectivity index (χ1n) is 18.4. The Labute approximate surface area is 311 Å². The van der Waals surface area contributed by atoms with Gasteiger partial charge in [-0.3, -0.25) is 0 Å². The van der Waals surface area contributed by atoms with E-state index < -0.39 is 7.12 Å². The molecular formula is C48H33BN2O3. The van der Waals surface area contributed by atoms with Crippen LogP contribution in [0.1, 0.15) is 12.5 Å². The molecule has 0 radical (unpaired) electrons. The Balaban J connectivity index is 1.12. The van der Waals surface area contributed by atoms with Gasteiger partial charge in [-0.1, -0.05) is 115 Å². The summed E-state index contributed by atoms with van der Waals surface area (Å²) < 4.78 is 11.3. The van der Waals surface area contributed by atoms with Gasteiger partial charge >= 0.3 is 7.12 Å². The van der Waals surface area contributed by atoms with E-state index in [0.29, 0.717) is 11.0 Å². The molecule has 0 saturated carbocycles. The third kappa shape index (κ3) is 4.61. The molecule has 0 bridgehead atoms. The second-order valence-electron chi connectivity index (χ2n) is 14.3. The first-order valence-corrected chi connectivity index (χ1v) is 18.4. The van der Waals surface area contributed by atoms with E-state index in [9.17, 15) is 10.0 Å². The number of fused-ring (bicyclic) bond motifs is 9. The molecule has 11 rings (SSSR count). The lowest BCUT2D eigenvalue weighted by atomic mass is 9.79. The molecule has 3 aromatic heterocycles. The van der Waals surface area contributed by atoms with Gasteiger partial charge in [0.05, 0.1) is 17.1 Å². The number of nitrogens with zero attached hydrogens (tertiary/aromatic N) is 2. The van der Waals surface area contributed by atoms with Crippen LogP contribution in [-0.4, -0.2) is 26.3 Å². The van der Waals surface area contributed by atoms with E-state index in [1.165, 1.54) is 27.4 Å². The van der Waals surface area contributed by atoms with Crippen LogP contribution >= 0.6 is 0 Å². The van der Waals surface area contributed by atoms with Gasteiger partial charge in [-0.05, 0) is 77.7 Å². The number of hydrogen-bond acceptors (Lipinski definition) is 3. The van der Waals surface area contributed by atoms with Gasteiger partial charge in [-0.25, -0.2) is 0 Å². The van der Waals surface area contributed by atoms with Crippen LogP contribution in [0.3, 0.4) is 0 Å². The lowest BCUT2D eigenvalue weighted by Crippen LogP contribution is -2.29. The van der Waals surface area contributed by atoms with Gasteiger partial charge in [0.15, 0.2) is 0 Å². The van der Waals surface area contributed by atoms with Crippen LogP contribution in [0.2, 0.25) is 0 Å². The third-order valence-corrected chi connectivity index (χ3v) is 11.3. The number of allylic oxidation sites excluding steroid dienone is 4. The van der Waals surface area contributed by atoms with Crippen molar-refractivity contribution in [3.05, 3.63) is 170 Å². The van der Waals surface area contributed by atoms with Crippen molar-refractivity contribution in [2.24, 2.45) is 0 Å². The fraction of sp³-hybridized carbons (Fsp3) is 0.0417. The van der Waals surface area contributed by atoms with E-state index in [4.69, 9.17) is 4.42 Å². The van der Waals surface area contributed by atoms with E-state index >= 15 is 0 Å². The summed E-state index contributed by atoms with van der Waals surface area (Å²) in [7, 11) is -1.63. The Bertz CT molecular complexity index is 3180. The molecule has 0 saturated heterocycles. The zero-order chi connectivity index (χ0) is 35.9. The van der Waals surface area contributed by atoms with Crippen LogP contribution in [0.15, 0.2) is 174 Å². The average Bonchev–Trinajstić information content (AvgIpc) is 3.88. The maximum absolute atomic E-state index is 10.1. The summed E-state index contributed by atoms with van der Waals surface area (Å²) >= 11 is 0. The van der Waals surface area contributed by atoms with Gasteiger partial charge in [0.1, 0.15) is 11.2 Å². The SMILES string of the molecule is OB(O)c1cccc2c1oc1c(-c3ccc4c(c3)c3cc(-c5ccc6c(c5)c5ccccc5n6C5C=CC=CC5)ccc3n4-c3ccccc3)cccc12. The molecule has 0 aliphatic heterocycles. The molecular weight excluding hydrogens is 663 g/mol. The Kier molecular flexibility index (Phi) is 6.87. The third-order valence-electron chi connectivity index (χ3n) is 11.3. The molecule has 0 amide bonds. The molecule has 1 atom stereocenters. The van der Waals surface area contributed by atoms with Gasteiger partial charge in [-0.2, -0.15) is 0 Å². The quantitative estimate of drug-likeness (QED) is 0.176. The van der Waals surface area contributed by atoms with E-state index in [-0.39, 0.29) is 6.04 Å². The lowest BCUT2D eigenvalue weighted by Gasteiger charge is -2.18. The van der Waals surface area contributed by atoms with E-state index in [1.54, 1.807) is 6.07 Å². The summed E-state index contributed by atoms with van der Waals surface area (Å²) in [5.41, 5.74) is 11.7. The summed E-state index contributed by atoms with van der Waals surface area (Å²) in [5.74, 6) is 0. The Morgan fingerprint density at radius 1 is 0.519 bits per heavy atom. The highest BCUT2D eigenvalue weighted by Gasteiger charge is 2.22. The number of rotatable bonds is 5. The van der Waals surface area contributed by atoms with E-state index in [1.807, 2.05) is 24.3 Å². The summed E-state index contributed by atoms with van der Waals surface area (Å²) in [6, 6.07) is 51.6. The number of benzene rings is 7. The van der Waals surface area contributed by atoms with Crippen LogP contribution < -0.4 is 5.46 Å². The first-order chi connectivity index (χ1) is 26.6. The molecule has 6 heteroatoms. The Hall–Kier alpha value is -6.60. The topological polar surface area (TPSA) is 63.5 Å². The van der Waals surface area contributed by atoms with Crippen LogP contribution in [0.25, 0.3) is 93.5 Å².